The largest absolute Gasteiger partial charge is 0.394 e. The molecule has 1 saturated carbocycles. The number of aryl methyl sites for hydroxylation is 1. The molecule has 1 heterocycles. The molecule has 1 aromatic heterocycles. The lowest BCUT2D eigenvalue weighted by atomic mass is 9.77. The molecule has 0 bridgehead atoms. The van der Waals surface area contributed by atoms with Crippen LogP contribution < -0.4 is 5.32 Å². The lowest BCUT2D eigenvalue weighted by Crippen LogP contribution is -2.45. The number of nitrogens with one attached hydrogen (secondary N) is 1. The number of hydrogen-bond donors (Lipinski definition) is 2. The Morgan fingerprint density at radius 2 is 2.16 bits per heavy atom. The van der Waals surface area contributed by atoms with Gasteiger partial charge in [-0.05, 0) is 50.7 Å². The molecule has 2 N–H and O–H groups in total. The Bertz CT molecular complexity index is 485. The number of aliphatic hydroxyl groups is 1. The molecule has 1 aromatic rings. The van der Waals surface area contributed by atoms with E-state index in [1.54, 1.807) is 12.1 Å². The van der Waals surface area contributed by atoms with Gasteiger partial charge < -0.3 is 10.4 Å². The van der Waals surface area contributed by atoms with E-state index in [4.69, 9.17) is 5.26 Å². The maximum atomic E-state index is 9.73. The fourth-order valence-corrected chi connectivity index (χ4v) is 2.71. The summed E-state index contributed by atoms with van der Waals surface area (Å²) in [6, 6.07) is 5.66. The van der Waals surface area contributed by atoms with E-state index in [0.29, 0.717) is 11.4 Å². The lowest BCUT2D eigenvalue weighted by molar-refractivity contribution is 0.155. The number of aliphatic hydroxyl groups excluding tert-OH is 1. The lowest BCUT2D eigenvalue weighted by Gasteiger charge is -2.39. The Morgan fingerprint density at radius 1 is 1.47 bits per heavy atom. The number of anilines is 1. The van der Waals surface area contributed by atoms with Crippen LogP contribution in [0.5, 0.6) is 0 Å². The van der Waals surface area contributed by atoms with Crippen molar-refractivity contribution >= 4 is 5.82 Å². The zero-order valence-corrected chi connectivity index (χ0v) is 11.6. The average molecular weight is 259 g/mol. The topological polar surface area (TPSA) is 68.9 Å². The van der Waals surface area contributed by atoms with Crippen molar-refractivity contribution in [2.24, 2.45) is 5.92 Å². The van der Waals surface area contributed by atoms with Crippen LogP contribution in [-0.2, 0) is 0 Å². The molecule has 102 valence electrons. The number of pyridine rings is 1. The minimum atomic E-state index is -0.278. The van der Waals surface area contributed by atoms with Gasteiger partial charge in [0.1, 0.15) is 5.82 Å². The van der Waals surface area contributed by atoms with Crippen LogP contribution >= 0.6 is 0 Å². The molecular weight excluding hydrogens is 238 g/mol. The first-order valence-corrected chi connectivity index (χ1v) is 6.85. The van der Waals surface area contributed by atoms with Crippen molar-refractivity contribution in [1.82, 2.24) is 4.98 Å². The summed E-state index contributed by atoms with van der Waals surface area (Å²) in [5, 5.41) is 22.1. The summed E-state index contributed by atoms with van der Waals surface area (Å²) < 4.78 is 0. The summed E-state index contributed by atoms with van der Waals surface area (Å²) in [5.41, 5.74) is 1.14. The Labute approximate surface area is 114 Å². The Morgan fingerprint density at radius 3 is 2.74 bits per heavy atom. The van der Waals surface area contributed by atoms with Crippen LogP contribution in [0.3, 0.4) is 0 Å². The first-order chi connectivity index (χ1) is 9.07. The predicted molar refractivity (Wildman–Crippen MR) is 74.8 cm³/mol. The molecule has 0 amide bonds. The van der Waals surface area contributed by atoms with Gasteiger partial charge in [0.25, 0.3) is 0 Å². The average Bonchev–Trinajstić information content (AvgIpc) is 2.41. The molecule has 4 heteroatoms. The van der Waals surface area contributed by atoms with Crippen LogP contribution in [0.25, 0.3) is 0 Å². The smallest absolute Gasteiger partial charge is 0.128 e. The SMILES string of the molecule is Cc1cc(C#N)cc(NC2(CO)CCC(C)CC2)n1. The minimum absolute atomic E-state index is 0.108. The van der Waals surface area contributed by atoms with E-state index in [1.807, 2.05) is 6.92 Å². The molecule has 0 radical (unpaired) electrons. The van der Waals surface area contributed by atoms with Gasteiger partial charge in [-0.25, -0.2) is 4.98 Å². The van der Waals surface area contributed by atoms with Crippen LogP contribution in [0.15, 0.2) is 12.1 Å². The molecule has 1 aliphatic rings. The summed E-state index contributed by atoms with van der Waals surface area (Å²) in [6.45, 7) is 4.23. The normalized spacial score (nSPS) is 26.7. The zero-order chi connectivity index (χ0) is 13.9. The molecule has 0 aliphatic heterocycles. The Kier molecular flexibility index (Phi) is 4.06. The van der Waals surface area contributed by atoms with Crippen molar-refractivity contribution in [1.29, 1.82) is 5.26 Å². The van der Waals surface area contributed by atoms with E-state index in [1.165, 1.54) is 0 Å². The van der Waals surface area contributed by atoms with E-state index in [-0.39, 0.29) is 12.1 Å². The Balaban J connectivity index is 2.19. The second-order valence-electron chi connectivity index (χ2n) is 5.74. The first kappa shape index (κ1) is 13.8. The summed E-state index contributed by atoms with van der Waals surface area (Å²) in [5.74, 6) is 1.42. The zero-order valence-electron chi connectivity index (χ0n) is 11.6. The monoisotopic (exact) mass is 259 g/mol. The van der Waals surface area contributed by atoms with Crippen LogP contribution in [0.1, 0.15) is 43.9 Å². The molecule has 2 rings (SSSR count). The van der Waals surface area contributed by atoms with Gasteiger partial charge in [-0.2, -0.15) is 5.26 Å². The maximum Gasteiger partial charge on any atom is 0.128 e. The highest BCUT2D eigenvalue weighted by atomic mass is 16.3. The van der Waals surface area contributed by atoms with Crippen molar-refractivity contribution < 1.29 is 5.11 Å². The summed E-state index contributed by atoms with van der Waals surface area (Å²) in [7, 11) is 0. The number of hydrogen-bond acceptors (Lipinski definition) is 4. The van der Waals surface area contributed by atoms with E-state index in [2.05, 4.69) is 23.3 Å². The van der Waals surface area contributed by atoms with E-state index < -0.39 is 0 Å². The molecule has 4 nitrogen and oxygen atoms in total. The van der Waals surface area contributed by atoms with Gasteiger partial charge in [0.2, 0.25) is 0 Å². The maximum absolute atomic E-state index is 9.73. The van der Waals surface area contributed by atoms with Crippen LogP contribution in [-0.4, -0.2) is 22.2 Å². The quantitative estimate of drug-likeness (QED) is 0.875. The number of nitriles is 1. The minimum Gasteiger partial charge on any atom is -0.394 e. The van der Waals surface area contributed by atoms with Gasteiger partial charge in [0, 0.05) is 5.69 Å². The molecule has 1 aliphatic carbocycles. The summed E-state index contributed by atoms with van der Waals surface area (Å²) >= 11 is 0. The molecule has 19 heavy (non-hydrogen) atoms. The van der Waals surface area contributed by atoms with Crippen molar-refractivity contribution in [3.05, 3.63) is 23.4 Å². The number of aromatic nitrogens is 1. The standard InChI is InChI=1S/C15H21N3O/c1-11-3-5-15(10-19,6-4-11)18-14-8-13(9-16)7-12(2)17-14/h7-8,11,19H,3-6,10H2,1-2H3,(H,17,18). The van der Waals surface area contributed by atoms with Crippen LogP contribution in [0.2, 0.25) is 0 Å². The van der Waals surface area contributed by atoms with Crippen molar-refractivity contribution in [2.75, 3.05) is 11.9 Å². The molecule has 0 aromatic carbocycles. The van der Waals surface area contributed by atoms with Crippen molar-refractivity contribution in [3.63, 3.8) is 0 Å². The van der Waals surface area contributed by atoms with E-state index in [9.17, 15) is 5.11 Å². The van der Waals surface area contributed by atoms with Gasteiger partial charge in [0.15, 0.2) is 0 Å². The molecule has 0 atom stereocenters. The van der Waals surface area contributed by atoms with Gasteiger partial charge in [-0.1, -0.05) is 6.92 Å². The van der Waals surface area contributed by atoms with E-state index in [0.717, 1.165) is 37.3 Å². The predicted octanol–water partition coefficient (Wildman–Crippen LogP) is 2.61. The highest BCUT2D eigenvalue weighted by Crippen LogP contribution is 2.34. The molecule has 0 saturated heterocycles. The van der Waals surface area contributed by atoms with Gasteiger partial charge in [0.05, 0.1) is 23.8 Å². The van der Waals surface area contributed by atoms with E-state index >= 15 is 0 Å². The van der Waals surface area contributed by atoms with Crippen molar-refractivity contribution in [3.8, 4) is 6.07 Å². The fraction of sp³-hybridized carbons (Fsp3) is 0.600. The van der Waals surface area contributed by atoms with Gasteiger partial charge in [-0.3, -0.25) is 0 Å². The molecule has 0 spiro atoms. The van der Waals surface area contributed by atoms with Crippen molar-refractivity contribution in [2.45, 2.75) is 45.1 Å². The molecule has 1 fully saturated rings. The number of rotatable bonds is 3. The van der Waals surface area contributed by atoms with Crippen LogP contribution in [0, 0.1) is 24.2 Å². The first-order valence-electron chi connectivity index (χ1n) is 6.85. The highest BCUT2D eigenvalue weighted by Gasteiger charge is 2.33. The molecule has 0 unspecified atom stereocenters. The second kappa shape index (κ2) is 5.58. The Hall–Kier alpha value is -1.60. The van der Waals surface area contributed by atoms with Gasteiger partial charge >= 0.3 is 0 Å². The highest BCUT2D eigenvalue weighted by molar-refractivity contribution is 5.46. The second-order valence-corrected chi connectivity index (χ2v) is 5.74. The fourth-order valence-electron chi connectivity index (χ4n) is 2.71. The van der Waals surface area contributed by atoms with Gasteiger partial charge in [-0.15, -0.1) is 0 Å². The third kappa shape index (κ3) is 3.24. The number of nitrogens with zero attached hydrogens (tertiary/aromatic N) is 2. The van der Waals surface area contributed by atoms with Crippen LogP contribution in [0.4, 0.5) is 5.82 Å². The summed E-state index contributed by atoms with van der Waals surface area (Å²) in [6.07, 6.45) is 4.12. The third-order valence-electron chi connectivity index (χ3n) is 4.01. The molecular formula is C15H21N3O. The summed E-state index contributed by atoms with van der Waals surface area (Å²) in [4.78, 5) is 4.41. The third-order valence-corrected chi connectivity index (χ3v) is 4.01.